The Labute approximate surface area is 200 Å². The largest absolute Gasteiger partial charge is 0.441 e. The van der Waals surface area contributed by atoms with Gasteiger partial charge in [-0.2, -0.15) is 5.10 Å². The zero-order valence-corrected chi connectivity index (χ0v) is 19.8. The molecule has 1 aliphatic carbocycles. The number of aromatic nitrogens is 2. The molecule has 34 heavy (non-hydrogen) atoms. The van der Waals surface area contributed by atoms with Gasteiger partial charge in [-0.3, -0.25) is 10.00 Å². The van der Waals surface area contributed by atoms with E-state index in [0.29, 0.717) is 5.69 Å². The molecule has 5 rings (SSSR count). The maximum atomic E-state index is 12.7. The summed E-state index contributed by atoms with van der Waals surface area (Å²) in [6.45, 7) is 3.75. The third kappa shape index (κ3) is 4.60. The molecule has 1 aliphatic rings. The third-order valence-electron chi connectivity index (χ3n) is 6.45. The molecule has 0 aliphatic heterocycles. The second-order valence-electron chi connectivity index (χ2n) is 8.99. The first kappa shape index (κ1) is 22.0. The van der Waals surface area contributed by atoms with Gasteiger partial charge < -0.3 is 4.74 Å². The molecule has 0 saturated heterocycles. The van der Waals surface area contributed by atoms with E-state index in [1.807, 2.05) is 51.2 Å². The van der Waals surface area contributed by atoms with Gasteiger partial charge in [-0.25, -0.2) is 4.79 Å². The SMILES string of the molecule is Cc1nn(C)c(-c2ccc(-c3ccc(C4CC4)cc3)cc2)c1NC(=O)O[C@H](C)c1ccccc1. The van der Waals surface area contributed by atoms with Crippen molar-refractivity contribution in [3.05, 3.63) is 95.7 Å². The van der Waals surface area contributed by atoms with E-state index in [4.69, 9.17) is 4.74 Å². The molecule has 3 aromatic carbocycles. The molecule has 4 aromatic rings. The molecule has 0 bridgehead atoms. The van der Waals surface area contributed by atoms with Crippen LogP contribution in [0.3, 0.4) is 0 Å². The lowest BCUT2D eigenvalue weighted by Gasteiger charge is -2.15. The lowest BCUT2D eigenvalue weighted by atomic mass is 10.00. The number of rotatable bonds is 6. The molecule has 0 spiro atoms. The van der Waals surface area contributed by atoms with Crippen LogP contribution in [0.4, 0.5) is 10.5 Å². The van der Waals surface area contributed by atoms with Gasteiger partial charge in [0, 0.05) is 12.6 Å². The second kappa shape index (κ2) is 9.18. The van der Waals surface area contributed by atoms with E-state index >= 15 is 0 Å². The van der Waals surface area contributed by atoms with Crippen molar-refractivity contribution in [1.82, 2.24) is 9.78 Å². The van der Waals surface area contributed by atoms with E-state index in [-0.39, 0.29) is 6.10 Å². The second-order valence-corrected chi connectivity index (χ2v) is 8.99. The van der Waals surface area contributed by atoms with Crippen LogP contribution in [0.5, 0.6) is 0 Å². The van der Waals surface area contributed by atoms with Crippen LogP contribution in [0.25, 0.3) is 22.4 Å². The summed E-state index contributed by atoms with van der Waals surface area (Å²) in [6.07, 6.45) is 1.77. The van der Waals surface area contributed by atoms with Crippen molar-refractivity contribution in [2.24, 2.45) is 7.05 Å². The van der Waals surface area contributed by atoms with Crippen LogP contribution in [0.1, 0.15) is 48.6 Å². The minimum atomic E-state index is -0.499. The van der Waals surface area contributed by atoms with Crippen molar-refractivity contribution in [3.63, 3.8) is 0 Å². The van der Waals surface area contributed by atoms with Crippen LogP contribution in [0.15, 0.2) is 78.9 Å². The molecule has 1 saturated carbocycles. The van der Waals surface area contributed by atoms with Crippen LogP contribution >= 0.6 is 0 Å². The van der Waals surface area contributed by atoms with Crippen molar-refractivity contribution in [1.29, 1.82) is 0 Å². The summed E-state index contributed by atoms with van der Waals surface area (Å²) in [4.78, 5) is 12.7. The van der Waals surface area contributed by atoms with Crippen molar-refractivity contribution >= 4 is 11.8 Å². The van der Waals surface area contributed by atoms with Crippen LogP contribution in [-0.4, -0.2) is 15.9 Å². The molecule has 1 N–H and O–H groups in total. The molecule has 1 aromatic heterocycles. The molecular weight excluding hydrogens is 422 g/mol. The highest BCUT2D eigenvalue weighted by molar-refractivity contribution is 5.92. The fraction of sp³-hybridized carbons (Fsp3) is 0.241. The molecule has 1 fully saturated rings. The summed E-state index contributed by atoms with van der Waals surface area (Å²) >= 11 is 0. The van der Waals surface area contributed by atoms with Gasteiger partial charge in [0.2, 0.25) is 0 Å². The van der Waals surface area contributed by atoms with Gasteiger partial charge in [0.05, 0.1) is 17.1 Å². The fourth-order valence-electron chi connectivity index (χ4n) is 4.41. The Hall–Kier alpha value is -3.86. The van der Waals surface area contributed by atoms with Gasteiger partial charge in [-0.1, -0.05) is 78.9 Å². The normalized spacial score (nSPS) is 14.0. The maximum absolute atomic E-state index is 12.7. The Kier molecular flexibility index (Phi) is 5.93. The van der Waals surface area contributed by atoms with Gasteiger partial charge in [-0.05, 0) is 54.9 Å². The van der Waals surface area contributed by atoms with Gasteiger partial charge in [0.15, 0.2) is 0 Å². The number of nitrogens with zero attached hydrogens (tertiary/aromatic N) is 2. The van der Waals surface area contributed by atoms with Crippen LogP contribution in [0, 0.1) is 6.92 Å². The van der Waals surface area contributed by atoms with Gasteiger partial charge in [-0.15, -0.1) is 0 Å². The first-order chi connectivity index (χ1) is 16.5. The maximum Gasteiger partial charge on any atom is 0.412 e. The highest BCUT2D eigenvalue weighted by Gasteiger charge is 2.23. The summed E-state index contributed by atoms with van der Waals surface area (Å²) in [5.41, 5.74) is 7.97. The molecule has 5 heteroatoms. The minimum absolute atomic E-state index is 0.354. The number of amides is 1. The van der Waals surface area contributed by atoms with E-state index < -0.39 is 6.09 Å². The van der Waals surface area contributed by atoms with E-state index in [1.54, 1.807) is 4.68 Å². The van der Waals surface area contributed by atoms with Crippen LogP contribution in [0.2, 0.25) is 0 Å². The average Bonchev–Trinajstić information content (AvgIpc) is 3.66. The number of hydrogen-bond donors (Lipinski definition) is 1. The van der Waals surface area contributed by atoms with Crippen LogP contribution in [-0.2, 0) is 11.8 Å². The van der Waals surface area contributed by atoms with Gasteiger partial charge in [0.25, 0.3) is 0 Å². The number of hydrogen-bond acceptors (Lipinski definition) is 3. The molecule has 1 amide bonds. The summed E-state index contributed by atoms with van der Waals surface area (Å²) in [6, 6.07) is 27.0. The molecule has 172 valence electrons. The number of anilines is 1. The standard InChI is InChI=1S/C29H29N3O2/c1-19-27(30-29(33)34-20(2)21-7-5-4-6-8-21)28(32(3)31-19)26-17-15-25(16-18-26)24-13-11-23(12-14-24)22-9-10-22/h4-8,11-18,20,22H,9-10H2,1-3H3,(H,30,33)/t20-/m1/s1. The zero-order valence-electron chi connectivity index (χ0n) is 19.8. The summed E-state index contributed by atoms with van der Waals surface area (Å²) in [5, 5.41) is 7.46. The third-order valence-corrected chi connectivity index (χ3v) is 6.45. The highest BCUT2D eigenvalue weighted by Crippen LogP contribution is 2.40. The van der Waals surface area contributed by atoms with E-state index in [1.165, 1.54) is 24.0 Å². The smallest absolute Gasteiger partial charge is 0.412 e. The van der Waals surface area contributed by atoms with E-state index in [9.17, 15) is 4.79 Å². The molecule has 1 atom stereocenters. The lowest BCUT2D eigenvalue weighted by molar-refractivity contribution is 0.121. The van der Waals surface area contributed by atoms with Gasteiger partial charge >= 0.3 is 6.09 Å². The Balaban J connectivity index is 1.34. The van der Waals surface area contributed by atoms with Crippen LogP contribution < -0.4 is 5.32 Å². The molecule has 5 nitrogen and oxygen atoms in total. The van der Waals surface area contributed by atoms with E-state index in [0.717, 1.165) is 34.0 Å². The Morgan fingerprint density at radius 2 is 1.53 bits per heavy atom. The summed E-state index contributed by atoms with van der Waals surface area (Å²) < 4.78 is 7.41. The number of nitrogens with one attached hydrogen (secondary N) is 1. The Morgan fingerprint density at radius 1 is 0.941 bits per heavy atom. The molecule has 0 unspecified atom stereocenters. The predicted molar refractivity (Wildman–Crippen MR) is 136 cm³/mol. The lowest BCUT2D eigenvalue weighted by Crippen LogP contribution is -2.16. The number of carbonyl (C=O) groups excluding carboxylic acids is 1. The van der Waals surface area contributed by atoms with Crippen molar-refractivity contribution in [3.8, 4) is 22.4 Å². The minimum Gasteiger partial charge on any atom is -0.441 e. The quantitative estimate of drug-likeness (QED) is 0.336. The zero-order chi connectivity index (χ0) is 23.7. The van der Waals surface area contributed by atoms with Crippen molar-refractivity contribution in [2.45, 2.75) is 38.7 Å². The summed E-state index contributed by atoms with van der Waals surface area (Å²) in [5.74, 6) is 0.762. The average molecular weight is 452 g/mol. The first-order valence-corrected chi connectivity index (χ1v) is 11.8. The highest BCUT2D eigenvalue weighted by atomic mass is 16.6. The summed E-state index contributed by atoms with van der Waals surface area (Å²) in [7, 11) is 1.88. The molecule has 1 heterocycles. The molecule has 0 radical (unpaired) electrons. The number of ether oxygens (including phenoxy) is 1. The number of carbonyl (C=O) groups is 1. The Morgan fingerprint density at radius 3 is 2.15 bits per heavy atom. The van der Waals surface area contributed by atoms with Crippen molar-refractivity contribution in [2.75, 3.05) is 5.32 Å². The van der Waals surface area contributed by atoms with Gasteiger partial charge in [0.1, 0.15) is 6.10 Å². The number of aryl methyl sites for hydroxylation is 2. The monoisotopic (exact) mass is 451 g/mol. The predicted octanol–water partition coefficient (Wildman–Crippen LogP) is 7.25. The Bertz CT molecular complexity index is 1290. The molecular formula is C29H29N3O2. The fourth-order valence-corrected chi connectivity index (χ4v) is 4.41. The number of benzene rings is 3. The first-order valence-electron chi connectivity index (χ1n) is 11.8. The van der Waals surface area contributed by atoms with Crippen molar-refractivity contribution < 1.29 is 9.53 Å². The van der Waals surface area contributed by atoms with E-state index in [2.05, 4.69) is 58.9 Å². The topological polar surface area (TPSA) is 56.2 Å².